The molecule has 3 heterocycles. The number of fused-ring (bicyclic) bond motifs is 5. The Labute approximate surface area is 202 Å². The van der Waals surface area contributed by atoms with Gasteiger partial charge in [-0.25, -0.2) is 9.69 Å². The summed E-state index contributed by atoms with van der Waals surface area (Å²) < 4.78 is 0. The zero-order valence-electron chi connectivity index (χ0n) is 19.5. The number of nitrogens with one attached hydrogen (secondary N) is 2. The number of amides is 4. The van der Waals surface area contributed by atoms with Gasteiger partial charge in [0.2, 0.25) is 0 Å². The van der Waals surface area contributed by atoms with Crippen LogP contribution in [0.25, 0.3) is 10.9 Å². The molecule has 4 aromatic rings. The van der Waals surface area contributed by atoms with E-state index >= 15 is 0 Å². The Morgan fingerprint density at radius 2 is 1.77 bits per heavy atom. The SMILES string of the molecule is Cc1cccc(NC(=O)c2ccc(N3C(=O)N4CCc5c([nH]c6ccccc56)[C@@]4(C)C3=O)cc2)c1. The van der Waals surface area contributed by atoms with E-state index < -0.39 is 5.54 Å². The summed E-state index contributed by atoms with van der Waals surface area (Å²) >= 11 is 0. The predicted octanol–water partition coefficient (Wildman–Crippen LogP) is 4.97. The molecule has 0 spiro atoms. The lowest BCUT2D eigenvalue weighted by Crippen LogP contribution is -2.49. The van der Waals surface area contributed by atoms with Crippen molar-refractivity contribution in [1.82, 2.24) is 9.88 Å². The summed E-state index contributed by atoms with van der Waals surface area (Å²) in [6.45, 7) is 4.23. The Bertz CT molecular complexity index is 1520. The number of para-hydroxylation sites is 1. The van der Waals surface area contributed by atoms with Gasteiger partial charge in [-0.2, -0.15) is 0 Å². The Morgan fingerprint density at radius 3 is 2.54 bits per heavy atom. The summed E-state index contributed by atoms with van der Waals surface area (Å²) in [5, 5.41) is 3.97. The fourth-order valence-corrected chi connectivity index (χ4v) is 5.31. The molecule has 7 heteroatoms. The van der Waals surface area contributed by atoms with Crippen molar-refractivity contribution in [3.05, 3.63) is 95.2 Å². The molecule has 0 bridgehead atoms. The Balaban J connectivity index is 1.31. The van der Waals surface area contributed by atoms with Gasteiger partial charge in [0.15, 0.2) is 5.54 Å². The third kappa shape index (κ3) is 3.08. The first-order chi connectivity index (χ1) is 16.9. The zero-order valence-corrected chi connectivity index (χ0v) is 19.5. The molecule has 1 fully saturated rings. The molecule has 2 N–H and O–H groups in total. The minimum atomic E-state index is -1.11. The van der Waals surface area contributed by atoms with Crippen molar-refractivity contribution < 1.29 is 14.4 Å². The van der Waals surface area contributed by atoms with Crippen LogP contribution in [0.2, 0.25) is 0 Å². The molecule has 1 atom stereocenters. The molecule has 0 unspecified atom stereocenters. The van der Waals surface area contributed by atoms with Crippen molar-refractivity contribution >= 4 is 40.1 Å². The molecule has 1 saturated heterocycles. The van der Waals surface area contributed by atoms with Crippen LogP contribution < -0.4 is 10.2 Å². The molecule has 7 nitrogen and oxygen atoms in total. The van der Waals surface area contributed by atoms with E-state index in [4.69, 9.17) is 0 Å². The van der Waals surface area contributed by atoms with Crippen molar-refractivity contribution in [2.75, 3.05) is 16.8 Å². The highest BCUT2D eigenvalue weighted by molar-refractivity contribution is 6.23. The summed E-state index contributed by atoms with van der Waals surface area (Å²) in [5.74, 6) is -0.555. The van der Waals surface area contributed by atoms with Gasteiger partial charge in [-0.05, 0) is 73.9 Å². The lowest BCUT2D eigenvalue weighted by Gasteiger charge is -2.35. The minimum absolute atomic E-state index is 0.256. The molecule has 0 radical (unpaired) electrons. The molecule has 2 aliphatic rings. The third-order valence-electron chi connectivity index (χ3n) is 7.13. The number of carbonyl (C=O) groups is 3. The lowest BCUT2D eigenvalue weighted by atomic mass is 9.87. The number of hydrogen-bond donors (Lipinski definition) is 2. The highest BCUT2D eigenvalue weighted by Crippen LogP contribution is 2.45. The number of rotatable bonds is 3. The van der Waals surface area contributed by atoms with Gasteiger partial charge in [-0.1, -0.05) is 30.3 Å². The van der Waals surface area contributed by atoms with Crippen LogP contribution in [0.1, 0.15) is 34.1 Å². The Morgan fingerprint density at radius 1 is 1.00 bits per heavy atom. The first-order valence-corrected chi connectivity index (χ1v) is 11.6. The van der Waals surface area contributed by atoms with Gasteiger partial charge in [-0.3, -0.25) is 9.59 Å². The van der Waals surface area contributed by atoms with Crippen LogP contribution in [0.5, 0.6) is 0 Å². The molecule has 3 aromatic carbocycles. The second-order valence-electron chi connectivity index (χ2n) is 9.29. The summed E-state index contributed by atoms with van der Waals surface area (Å²) in [4.78, 5) is 46.1. The maximum Gasteiger partial charge on any atom is 0.332 e. The third-order valence-corrected chi connectivity index (χ3v) is 7.13. The molecule has 1 aromatic heterocycles. The number of nitrogens with zero attached hydrogens (tertiary/aromatic N) is 2. The van der Waals surface area contributed by atoms with Crippen molar-refractivity contribution in [2.24, 2.45) is 0 Å². The topological polar surface area (TPSA) is 85.5 Å². The van der Waals surface area contributed by atoms with Crippen molar-refractivity contribution in [2.45, 2.75) is 25.8 Å². The molecule has 0 saturated carbocycles. The van der Waals surface area contributed by atoms with Crippen LogP contribution in [-0.2, 0) is 16.8 Å². The number of urea groups is 1. The number of imide groups is 1. The maximum atomic E-state index is 13.8. The summed E-state index contributed by atoms with van der Waals surface area (Å²) in [6, 6.07) is 21.7. The minimum Gasteiger partial charge on any atom is -0.356 e. The number of aromatic nitrogens is 1. The van der Waals surface area contributed by atoms with Crippen LogP contribution in [0.15, 0.2) is 72.8 Å². The summed E-state index contributed by atoms with van der Waals surface area (Å²) in [7, 11) is 0. The monoisotopic (exact) mass is 464 g/mol. The van der Waals surface area contributed by atoms with Gasteiger partial charge in [-0.15, -0.1) is 0 Å². The second-order valence-corrected chi connectivity index (χ2v) is 9.29. The molecule has 6 rings (SSSR count). The van der Waals surface area contributed by atoms with Crippen LogP contribution in [0.3, 0.4) is 0 Å². The summed E-state index contributed by atoms with van der Waals surface area (Å²) in [6.07, 6.45) is 0.680. The van der Waals surface area contributed by atoms with Gasteiger partial charge < -0.3 is 15.2 Å². The second kappa shape index (κ2) is 7.56. The molecule has 4 amide bonds. The van der Waals surface area contributed by atoms with E-state index in [2.05, 4.69) is 10.3 Å². The molecular formula is C28H24N4O3. The molecular weight excluding hydrogens is 440 g/mol. The number of benzene rings is 3. The van der Waals surface area contributed by atoms with E-state index in [1.165, 1.54) is 4.90 Å². The zero-order chi connectivity index (χ0) is 24.3. The maximum absolute atomic E-state index is 13.8. The average Bonchev–Trinajstić information content (AvgIpc) is 3.33. The first-order valence-electron chi connectivity index (χ1n) is 11.6. The van der Waals surface area contributed by atoms with Crippen molar-refractivity contribution in [1.29, 1.82) is 0 Å². The highest BCUT2D eigenvalue weighted by atomic mass is 16.2. The number of anilines is 2. The Kier molecular flexibility index (Phi) is 4.57. The smallest absolute Gasteiger partial charge is 0.332 e. The van der Waals surface area contributed by atoms with E-state index in [0.717, 1.165) is 27.7 Å². The molecule has 2 aliphatic heterocycles. The number of aryl methyl sites for hydroxylation is 1. The standard InChI is InChI=1S/C28H24N4O3/c1-17-6-5-7-19(16-17)29-25(33)18-10-12-20(13-11-18)32-26(34)28(2)24-22(14-15-31(28)27(32)35)21-8-3-4-9-23(21)30-24/h3-13,16,30H,14-15H2,1-2H3,(H,29,33)/t28-/m0/s1. The van der Waals surface area contributed by atoms with Gasteiger partial charge in [0.1, 0.15) is 0 Å². The van der Waals surface area contributed by atoms with Crippen molar-refractivity contribution in [3.63, 3.8) is 0 Å². The first kappa shape index (κ1) is 21.2. The largest absolute Gasteiger partial charge is 0.356 e. The van der Waals surface area contributed by atoms with Crippen molar-refractivity contribution in [3.8, 4) is 0 Å². The number of carbonyl (C=O) groups excluding carboxylic acids is 3. The normalized spacial score (nSPS) is 19.1. The van der Waals surface area contributed by atoms with E-state index in [-0.39, 0.29) is 17.8 Å². The number of H-pyrrole nitrogens is 1. The lowest BCUT2D eigenvalue weighted by molar-refractivity contribution is -0.125. The molecule has 174 valence electrons. The number of hydrogen-bond acceptors (Lipinski definition) is 3. The van der Waals surface area contributed by atoms with Gasteiger partial charge in [0.05, 0.1) is 11.4 Å². The summed E-state index contributed by atoms with van der Waals surface area (Å²) in [5.41, 5.74) is 4.37. The highest BCUT2D eigenvalue weighted by Gasteiger charge is 2.58. The van der Waals surface area contributed by atoms with Crippen LogP contribution in [-0.4, -0.2) is 34.3 Å². The number of aromatic amines is 1. The van der Waals surface area contributed by atoms with Gasteiger partial charge in [0, 0.05) is 28.7 Å². The quantitative estimate of drug-likeness (QED) is 0.420. The van der Waals surface area contributed by atoms with Crippen LogP contribution in [0, 0.1) is 6.92 Å². The predicted molar refractivity (Wildman–Crippen MR) is 135 cm³/mol. The molecule has 0 aliphatic carbocycles. The van der Waals surface area contributed by atoms with E-state index in [0.29, 0.717) is 29.9 Å². The average molecular weight is 465 g/mol. The fraction of sp³-hybridized carbons (Fsp3) is 0.179. The Hall–Kier alpha value is -4.39. The van der Waals surface area contributed by atoms with Gasteiger partial charge in [0.25, 0.3) is 11.8 Å². The van der Waals surface area contributed by atoms with E-state index in [9.17, 15) is 14.4 Å². The molecule has 35 heavy (non-hydrogen) atoms. The van der Waals surface area contributed by atoms with E-state index in [1.54, 1.807) is 29.2 Å². The van der Waals surface area contributed by atoms with E-state index in [1.807, 2.05) is 62.4 Å². The fourth-order valence-electron chi connectivity index (χ4n) is 5.31. The van der Waals surface area contributed by atoms with Crippen LogP contribution >= 0.6 is 0 Å². The van der Waals surface area contributed by atoms with Gasteiger partial charge >= 0.3 is 6.03 Å². The van der Waals surface area contributed by atoms with Crippen LogP contribution in [0.4, 0.5) is 16.2 Å².